The molecule has 1 aliphatic carbocycles. The molecule has 0 radical (unpaired) electrons. The van der Waals surface area contributed by atoms with Crippen LogP contribution in [0.15, 0.2) is 24.3 Å². The zero-order chi connectivity index (χ0) is 15.1. The molecule has 0 saturated heterocycles. The normalized spacial score (nSPS) is 27.6. The van der Waals surface area contributed by atoms with Gasteiger partial charge in [-0.15, -0.1) is 0 Å². The molecule has 0 spiro atoms. The summed E-state index contributed by atoms with van der Waals surface area (Å²) in [6, 6.07) is 9.34. The van der Waals surface area contributed by atoms with Gasteiger partial charge in [-0.25, -0.2) is 0 Å². The summed E-state index contributed by atoms with van der Waals surface area (Å²) in [6.45, 7) is 11.5. The summed E-state index contributed by atoms with van der Waals surface area (Å²) in [7, 11) is 0. The summed E-state index contributed by atoms with van der Waals surface area (Å²) < 4.78 is 2.48. The maximum Gasteiger partial charge on any atom is 0.0493 e. The highest BCUT2D eigenvalue weighted by Crippen LogP contribution is 2.40. The molecule has 1 aromatic heterocycles. The second-order valence-electron chi connectivity index (χ2n) is 7.00. The Balaban J connectivity index is 2.35. The first-order valence-electron chi connectivity index (χ1n) is 8.31. The Kier molecular flexibility index (Phi) is 3.69. The maximum absolute atomic E-state index is 2.55. The number of hydrogen-bond acceptors (Lipinski definition) is 0. The molecule has 0 amide bonds. The monoisotopic (exact) mass is 281 g/mol. The van der Waals surface area contributed by atoms with Gasteiger partial charge in [0.15, 0.2) is 0 Å². The average Bonchev–Trinajstić information content (AvgIpc) is 2.78. The molecule has 21 heavy (non-hydrogen) atoms. The van der Waals surface area contributed by atoms with Gasteiger partial charge >= 0.3 is 0 Å². The predicted molar refractivity (Wildman–Crippen MR) is 92.6 cm³/mol. The molecule has 2 atom stereocenters. The maximum atomic E-state index is 2.55. The van der Waals surface area contributed by atoms with E-state index < -0.39 is 0 Å². The van der Waals surface area contributed by atoms with Crippen molar-refractivity contribution in [1.82, 2.24) is 4.57 Å². The van der Waals surface area contributed by atoms with Crippen molar-refractivity contribution >= 4 is 23.1 Å². The molecule has 2 aromatic rings. The number of nitrogens with zero attached hydrogens (tertiary/aromatic N) is 1. The van der Waals surface area contributed by atoms with Crippen LogP contribution in [-0.4, -0.2) is 4.57 Å². The van der Waals surface area contributed by atoms with Crippen molar-refractivity contribution in [3.8, 4) is 0 Å². The van der Waals surface area contributed by atoms with Gasteiger partial charge < -0.3 is 4.57 Å². The van der Waals surface area contributed by atoms with Crippen molar-refractivity contribution in [3.05, 3.63) is 34.8 Å². The molecular weight excluding hydrogens is 254 g/mol. The van der Waals surface area contributed by atoms with Gasteiger partial charge in [0.2, 0.25) is 0 Å². The lowest BCUT2D eigenvalue weighted by Gasteiger charge is -2.39. The summed E-state index contributed by atoms with van der Waals surface area (Å²) >= 11 is 0. The third kappa shape index (κ3) is 2.23. The lowest BCUT2D eigenvalue weighted by atomic mass is 9.66. The fourth-order valence-electron chi connectivity index (χ4n) is 4.12. The van der Waals surface area contributed by atoms with Crippen LogP contribution in [0.1, 0.15) is 47.1 Å². The molecule has 0 bridgehead atoms. The SMILES string of the molecule is C/C=c1\c(=C/C2C(C)CC2C)c2ccccc2n1C(C)C. The number of fused-ring (bicyclic) bond motifs is 1. The molecule has 2 unspecified atom stereocenters. The average molecular weight is 281 g/mol. The number of benzene rings is 1. The zero-order valence-electron chi connectivity index (χ0n) is 13.9. The van der Waals surface area contributed by atoms with E-state index in [0.29, 0.717) is 6.04 Å². The zero-order valence-corrected chi connectivity index (χ0v) is 13.9. The van der Waals surface area contributed by atoms with E-state index in [0.717, 1.165) is 17.8 Å². The topological polar surface area (TPSA) is 4.93 Å². The molecule has 1 aliphatic rings. The second kappa shape index (κ2) is 5.36. The summed E-state index contributed by atoms with van der Waals surface area (Å²) in [6.07, 6.45) is 6.20. The molecule has 1 saturated carbocycles. The molecule has 112 valence electrons. The van der Waals surface area contributed by atoms with Gasteiger partial charge in [0, 0.05) is 27.5 Å². The predicted octanol–water partition coefficient (Wildman–Crippen LogP) is 4.10. The molecule has 1 heterocycles. The van der Waals surface area contributed by atoms with Crippen LogP contribution in [0.2, 0.25) is 0 Å². The highest BCUT2D eigenvalue weighted by atomic mass is 15.0. The summed E-state index contributed by atoms with van der Waals surface area (Å²) in [4.78, 5) is 0. The lowest BCUT2D eigenvalue weighted by Crippen LogP contribution is -2.36. The molecule has 0 N–H and O–H groups in total. The van der Waals surface area contributed by atoms with Gasteiger partial charge in [-0.05, 0) is 51.0 Å². The lowest BCUT2D eigenvalue weighted by molar-refractivity contribution is 0.162. The van der Waals surface area contributed by atoms with Crippen LogP contribution >= 0.6 is 0 Å². The highest BCUT2D eigenvalue weighted by Gasteiger charge is 2.32. The molecule has 1 heteroatoms. The van der Waals surface area contributed by atoms with E-state index in [9.17, 15) is 0 Å². The fourth-order valence-corrected chi connectivity index (χ4v) is 4.12. The Morgan fingerprint density at radius 3 is 2.38 bits per heavy atom. The van der Waals surface area contributed by atoms with Crippen molar-refractivity contribution in [1.29, 1.82) is 0 Å². The third-order valence-electron chi connectivity index (χ3n) is 5.20. The van der Waals surface area contributed by atoms with Gasteiger partial charge in [-0.1, -0.05) is 44.2 Å². The number of para-hydroxylation sites is 1. The van der Waals surface area contributed by atoms with E-state index in [1.54, 1.807) is 0 Å². The van der Waals surface area contributed by atoms with Crippen molar-refractivity contribution in [2.45, 2.75) is 47.1 Å². The molecule has 0 aliphatic heterocycles. The highest BCUT2D eigenvalue weighted by molar-refractivity contribution is 5.82. The van der Waals surface area contributed by atoms with Gasteiger partial charge in [-0.3, -0.25) is 0 Å². The van der Waals surface area contributed by atoms with Crippen LogP contribution in [0.5, 0.6) is 0 Å². The Bertz CT molecular complexity index is 755. The second-order valence-corrected chi connectivity index (χ2v) is 7.00. The standard InChI is InChI=1S/C20H27N/c1-6-19-18(12-17-14(4)11-15(17)5)16-9-7-8-10-20(16)21(19)13(2)3/h6-10,12-15,17H,11H2,1-5H3/b18-12-,19-6+. The van der Waals surface area contributed by atoms with E-state index >= 15 is 0 Å². The van der Waals surface area contributed by atoms with E-state index in [-0.39, 0.29) is 0 Å². The van der Waals surface area contributed by atoms with Gasteiger partial charge in [-0.2, -0.15) is 0 Å². The summed E-state index contributed by atoms with van der Waals surface area (Å²) in [5.74, 6) is 2.38. The minimum Gasteiger partial charge on any atom is -0.338 e. The van der Waals surface area contributed by atoms with Gasteiger partial charge in [0.25, 0.3) is 0 Å². The minimum atomic E-state index is 0.486. The Morgan fingerprint density at radius 1 is 1.14 bits per heavy atom. The van der Waals surface area contributed by atoms with Crippen LogP contribution < -0.4 is 10.6 Å². The third-order valence-corrected chi connectivity index (χ3v) is 5.20. The Hall–Kier alpha value is -1.50. The molecule has 1 nitrogen and oxygen atoms in total. The van der Waals surface area contributed by atoms with Crippen LogP contribution in [-0.2, 0) is 0 Å². The molecule has 1 fully saturated rings. The van der Waals surface area contributed by atoms with Crippen molar-refractivity contribution in [2.24, 2.45) is 17.8 Å². The van der Waals surface area contributed by atoms with Crippen molar-refractivity contribution in [2.75, 3.05) is 0 Å². The number of hydrogen-bond donors (Lipinski definition) is 0. The van der Waals surface area contributed by atoms with Crippen LogP contribution in [0.25, 0.3) is 23.1 Å². The number of aromatic nitrogens is 1. The van der Waals surface area contributed by atoms with Crippen molar-refractivity contribution < 1.29 is 0 Å². The fraction of sp³-hybridized carbons (Fsp3) is 0.500. The van der Waals surface area contributed by atoms with Crippen LogP contribution in [0.3, 0.4) is 0 Å². The van der Waals surface area contributed by atoms with Crippen molar-refractivity contribution in [3.63, 3.8) is 0 Å². The van der Waals surface area contributed by atoms with E-state index in [1.165, 1.54) is 27.9 Å². The van der Waals surface area contributed by atoms with E-state index in [4.69, 9.17) is 0 Å². The van der Waals surface area contributed by atoms with E-state index in [2.05, 4.69) is 75.6 Å². The first-order valence-corrected chi connectivity index (χ1v) is 8.31. The Morgan fingerprint density at radius 2 is 1.81 bits per heavy atom. The largest absolute Gasteiger partial charge is 0.338 e. The Labute approximate surface area is 128 Å². The smallest absolute Gasteiger partial charge is 0.0493 e. The summed E-state index contributed by atoms with van der Waals surface area (Å²) in [5.41, 5.74) is 1.37. The van der Waals surface area contributed by atoms with Gasteiger partial charge in [0.1, 0.15) is 0 Å². The first kappa shape index (κ1) is 14.4. The quantitative estimate of drug-likeness (QED) is 0.781. The molecule has 3 rings (SSSR count). The van der Waals surface area contributed by atoms with E-state index in [1.807, 2.05) is 0 Å². The number of rotatable bonds is 2. The summed E-state index contributed by atoms with van der Waals surface area (Å²) in [5, 5.41) is 4.24. The van der Waals surface area contributed by atoms with Crippen LogP contribution in [0.4, 0.5) is 0 Å². The molecule has 1 aromatic carbocycles. The first-order chi connectivity index (χ1) is 10.0. The van der Waals surface area contributed by atoms with Crippen LogP contribution in [0, 0.1) is 17.8 Å². The minimum absolute atomic E-state index is 0.486. The molecular formula is C20H27N. The van der Waals surface area contributed by atoms with Gasteiger partial charge in [0.05, 0.1) is 0 Å².